The van der Waals surface area contributed by atoms with Crippen molar-refractivity contribution in [3.05, 3.63) is 53.1 Å². The molecule has 0 aromatic heterocycles. The number of carbonyl (C=O) groups excluding carboxylic acids is 2. The van der Waals surface area contributed by atoms with Crippen molar-refractivity contribution in [3.8, 4) is 23.0 Å². The van der Waals surface area contributed by atoms with E-state index in [4.69, 9.17) is 18.9 Å². The molecule has 2 heterocycles. The van der Waals surface area contributed by atoms with E-state index < -0.39 is 60.6 Å². The molecule has 5 atom stereocenters. The van der Waals surface area contributed by atoms with E-state index in [0.29, 0.717) is 5.56 Å². The van der Waals surface area contributed by atoms with Crippen LogP contribution in [0.2, 0.25) is 0 Å². The summed E-state index contributed by atoms with van der Waals surface area (Å²) in [5.74, 6) is -3.02. The van der Waals surface area contributed by atoms with Crippen molar-refractivity contribution in [2.75, 3.05) is 13.7 Å². The van der Waals surface area contributed by atoms with Gasteiger partial charge < -0.3 is 44.5 Å². The molecule has 0 bridgehead atoms. The van der Waals surface area contributed by atoms with E-state index in [1.807, 2.05) is 0 Å². The molecule has 0 aliphatic carbocycles. The highest BCUT2D eigenvalue weighted by atomic mass is 16.6. The standard InChI is InChI=1S/C23H22O11/c1-31-20-13(25)8-12-16(18(20)28)21-22(34-23(12)30)19(29)17(27)14(33-21)9-32-15(26)7-4-10-2-5-11(24)6-3-10/h2-8,14,17,19,21-22,24-25,27-29H,9H2,1H3. The monoisotopic (exact) mass is 474 g/mol. The first-order valence-electron chi connectivity index (χ1n) is 10.2. The predicted molar refractivity (Wildman–Crippen MR) is 113 cm³/mol. The fourth-order valence-corrected chi connectivity index (χ4v) is 3.90. The van der Waals surface area contributed by atoms with Crippen LogP contribution in [0.5, 0.6) is 23.0 Å². The molecular formula is C23H22O11. The zero-order chi connectivity index (χ0) is 24.6. The second-order valence-electron chi connectivity index (χ2n) is 7.74. The van der Waals surface area contributed by atoms with Gasteiger partial charge in [-0.3, -0.25) is 0 Å². The maximum atomic E-state index is 12.4. The number of hydrogen-bond acceptors (Lipinski definition) is 11. The fourth-order valence-electron chi connectivity index (χ4n) is 3.90. The first kappa shape index (κ1) is 23.4. The van der Waals surface area contributed by atoms with Gasteiger partial charge >= 0.3 is 11.9 Å². The van der Waals surface area contributed by atoms with E-state index in [1.54, 1.807) is 12.1 Å². The Labute approximate surface area is 193 Å². The molecule has 2 aliphatic rings. The molecule has 2 aromatic carbocycles. The quantitative estimate of drug-likeness (QED) is 0.306. The SMILES string of the molecule is COc1c(O)cc2c(c1O)C1OC(COC(=O)C=Cc3ccc(O)cc3)C(O)C(O)C1OC2=O. The first-order chi connectivity index (χ1) is 16.2. The normalized spacial score (nSPS) is 25.9. The lowest BCUT2D eigenvalue weighted by Gasteiger charge is -2.44. The Kier molecular flexibility index (Phi) is 6.33. The molecule has 1 fully saturated rings. The summed E-state index contributed by atoms with van der Waals surface area (Å²) >= 11 is 0. The summed E-state index contributed by atoms with van der Waals surface area (Å²) in [4.78, 5) is 24.5. The number of methoxy groups -OCH3 is 1. The van der Waals surface area contributed by atoms with Gasteiger partial charge in [-0.05, 0) is 29.8 Å². The highest BCUT2D eigenvalue weighted by Crippen LogP contribution is 2.49. The molecule has 11 nitrogen and oxygen atoms in total. The molecule has 1 saturated heterocycles. The molecule has 2 aromatic rings. The van der Waals surface area contributed by atoms with Crippen molar-refractivity contribution in [3.63, 3.8) is 0 Å². The molecule has 11 heteroatoms. The lowest BCUT2D eigenvalue weighted by atomic mass is 9.86. The lowest BCUT2D eigenvalue weighted by Crippen LogP contribution is -2.58. The third kappa shape index (κ3) is 4.23. The maximum absolute atomic E-state index is 12.4. The molecule has 0 saturated carbocycles. The minimum Gasteiger partial charge on any atom is -0.508 e. The average Bonchev–Trinajstić information content (AvgIpc) is 2.81. The first-order valence-corrected chi connectivity index (χ1v) is 10.2. The predicted octanol–water partition coefficient (Wildman–Crippen LogP) is 0.769. The average molecular weight is 474 g/mol. The zero-order valence-corrected chi connectivity index (χ0v) is 17.8. The van der Waals surface area contributed by atoms with Gasteiger partial charge in [-0.15, -0.1) is 0 Å². The van der Waals surface area contributed by atoms with E-state index in [1.165, 1.54) is 25.3 Å². The second-order valence-corrected chi connectivity index (χ2v) is 7.74. The van der Waals surface area contributed by atoms with Crippen LogP contribution in [0, 0.1) is 0 Å². The minimum absolute atomic E-state index is 0.0776. The van der Waals surface area contributed by atoms with Crippen molar-refractivity contribution < 1.29 is 54.1 Å². The summed E-state index contributed by atoms with van der Waals surface area (Å²) in [6, 6.07) is 7.12. The molecule has 2 aliphatic heterocycles. The molecule has 0 radical (unpaired) electrons. The molecule has 0 amide bonds. The number of aromatic hydroxyl groups is 3. The maximum Gasteiger partial charge on any atom is 0.339 e. The number of fused-ring (bicyclic) bond motifs is 3. The lowest BCUT2D eigenvalue weighted by molar-refractivity contribution is -0.237. The van der Waals surface area contributed by atoms with E-state index in [9.17, 15) is 35.1 Å². The summed E-state index contributed by atoms with van der Waals surface area (Å²) in [5, 5.41) is 50.9. The van der Waals surface area contributed by atoms with Crippen molar-refractivity contribution >= 4 is 18.0 Å². The topological polar surface area (TPSA) is 172 Å². The van der Waals surface area contributed by atoms with E-state index in [-0.39, 0.29) is 22.6 Å². The molecule has 5 unspecified atom stereocenters. The van der Waals surface area contributed by atoms with Gasteiger partial charge in [-0.25, -0.2) is 9.59 Å². The number of phenols is 3. The summed E-state index contributed by atoms with van der Waals surface area (Å²) in [6.45, 7) is -0.459. The van der Waals surface area contributed by atoms with Crippen molar-refractivity contribution in [2.24, 2.45) is 0 Å². The second kappa shape index (κ2) is 9.21. The van der Waals surface area contributed by atoms with Crippen LogP contribution in [-0.4, -0.2) is 75.6 Å². The number of aliphatic hydroxyl groups is 2. The van der Waals surface area contributed by atoms with Crippen LogP contribution in [0.1, 0.15) is 27.6 Å². The van der Waals surface area contributed by atoms with E-state index in [2.05, 4.69) is 0 Å². The van der Waals surface area contributed by atoms with Gasteiger partial charge in [0.25, 0.3) is 0 Å². The van der Waals surface area contributed by atoms with E-state index in [0.717, 1.165) is 12.1 Å². The van der Waals surface area contributed by atoms with Crippen LogP contribution in [0.3, 0.4) is 0 Å². The van der Waals surface area contributed by atoms with Gasteiger partial charge in [0.05, 0.1) is 12.7 Å². The van der Waals surface area contributed by atoms with Crippen LogP contribution < -0.4 is 4.74 Å². The summed E-state index contributed by atoms with van der Waals surface area (Å²) in [5.41, 5.74) is 0.342. The van der Waals surface area contributed by atoms with Gasteiger partial charge in [0.1, 0.15) is 36.8 Å². The van der Waals surface area contributed by atoms with Crippen LogP contribution in [0.25, 0.3) is 6.08 Å². The Morgan fingerprint density at radius 3 is 2.50 bits per heavy atom. The number of benzene rings is 2. The van der Waals surface area contributed by atoms with Crippen molar-refractivity contribution in [2.45, 2.75) is 30.5 Å². The number of rotatable bonds is 5. The molecule has 180 valence electrons. The van der Waals surface area contributed by atoms with Crippen molar-refractivity contribution in [1.82, 2.24) is 0 Å². The largest absolute Gasteiger partial charge is 0.508 e. The van der Waals surface area contributed by atoms with Crippen LogP contribution in [-0.2, 0) is 19.0 Å². The highest BCUT2D eigenvalue weighted by molar-refractivity contribution is 5.95. The highest BCUT2D eigenvalue weighted by Gasteiger charge is 2.52. The summed E-state index contributed by atoms with van der Waals surface area (Å²) in [7, 11) is 1.20. The van der Waals surface area contributed by atoms with Gasteiger partial charge in [-0.2, -0.15) is 0 Å². The number of hydrogen-bond donors (Lipinski definition) is 5. The fraction of sp³-hybridized carbons (Fsp3) is 0.304. The Hall–Kier alpha value is -3.80. The molecule has 5 N–H and O–H groups in total. The third-order valence-corrected chi connectivity index (χ3v) is 5.61. The van der Waals surface area contributed by atoms with Gasteiger partial charge in [0.2, 0.25) is 5.75 Å². The Morgan fingerprint density at radius 2 is 1.82 bits per heavy atom. The van der Waals surface area contributed by atoms with Gasteiger partial charge in [0, 0.05) is 11.6 Å². The third-order valence-electron chi connectivity index (χ3n) is 5.61. The number of phenolic OH excluding ortho intramolecular Hbond substituents is 3. The van der Waals surface area contributed by atoms with Gasteiger partial charge in [-0.1, -0.05) is 12.1 Å². The molecule has 0 spiro atoms. The number of carbonyl (C=O) groups is 2. The van der Waals surface area contributed by atoms with Crippen molar-refractivity contribution in [1.29, 1.82) is 0 Å². The van der Waals surface area contributed by atoms with Gasteiger partial charge in [0.15, 0.2) is 17.6 Å². The Balaban J connectivity index is 1.52. The Morgan fingerprint density at radius 1 is 1.12 bits per heavy atom. The molecule has 4 rings (SSSR count). The zero-order valence-electron chi connectivity index (χ0n) is 17.8. The Bertz CT molecular complexity index is 1120. The van der Waals surface area contributed by atoms with Crippen LogP contribution in [0.4, 0.5) is 0 Å². The summed E-state index contributed by atoms with van der Waals surface area (Å²) in [6.07, 6.45) is -4.44. The van der Waals surface area contributed by atoms with E-state index >= 15 is 0 Å². The number of ether oxygens (including phenoxy) is 4. The molecular weight excluding hydrogens is 452 g/mol. The summed E-state index contributed by atoms with van der Waals surface area (Å²) < 4.78 is 21.1. The minimum atomic E-state index is -1.62. The number of aliphatic hydroxyl groups excluding tert-OH is 2. The molecule has 34 heavy (non-hydrogen) atoms. The van der Waals surface area contributed by atoms with Crippen LogP contribution in [0.15, 0.2) is 36.4 Å². The van der Waals surface area contributed by atoms with Crippen LogP contribution >= 0.6 is 0 Å². The number of esters is 2. The smallest absolute Gasteiger partial charge is 0.339 e.